The van der Waals surface area contributed by atoms with E-state index in [1.165, 1.54) is 31.2 Å². The number of hydrogen-bond acceptors (Lipinski definition) is 5. The Hall–Kier alpha value is -1.85. The third-order valence-electron chi connectivity index (χ3n) is 5.96. The Labute approximate surface area is 143 Å². The molecule has 3 aliphatic rings. The molecule has 1 N–H and O–H groups in total. The van der Waals surface area contributed by atoms with Crippen LogP contribution in [0.15, 0.2) is 0 Å². The van der Waals surface area contributed by atoms with Crippen LogP contribution in [0.2, 0.25) is 0 Å². The van der Waals surface area contributed by atoms with Crippen molar-refractivity contribution < 1.29 is 4.79 Å². The van der Waals surface area contributed by atoms with E-state index in [0.717, 1.165) is 42.3 Å². The van der Waals surface area contributed by atoms with E-state index < -0.39 is 0 Å². The third kappa shape index (κ3) is 2.72. The minimum Gasteiger partial charge on any atom is -0.367 e. The minimum atomic E-state index is 0.119. The molecule has 1 aliphatic heterocycles. The fraction of sp³-hybridized carbons (Fsp3) is 0.722. The Balaban J connectivity index is 1.64. The summed E-state index contributed by atoms with van der Waals surface area (Å²) in [6.07, 6.45) is 6.26. The van der Waals surface area contributed by atoms with E-state index in [2.05, 4.69) is 5.32 Å². The highest BCUT2D eigenvalue weighted by atomic mass is 16.2. The average molecular weight is 329 g/mol. The molecule has 1 aromatic rings. The molecule has 0 spiro atoms. The van der Waals surface area contributed by atoms with Crippen LogP contribution in [0.25, 0.3) is 0 Å². The second kappa shape index (κ2) is 5.90. The van der Waals surface area contributed by atoms with Gasteiger partial charge in [-0.25, -0.2) is 4.98 Å². The van der Waals surface area contributed by atoms with Crippen molar-refractivity contribution >= 4 is 17.7 Å². The van der Waals surface area contributed by atoms with E-state index in [9.17, 15) is 4.79 Å². The summed E-state index contributed by atoms with van der Waals surface area (Å²) in [6.45, 7) is 2.99. The maximum atomic E-state index is 11.7. The molecular formula is C18H27N5O. The first-order chi connectivity index (χ1) is 11.5. The van der Waals surface area contributed by atoms with E-state index in [4.69, 9.17) is 9.97 Å². The van der Waals surface area contributed by atoms with Crippen LogP contribution < -0.4 is 10.2 Å². The van der Waals surface area contributed by atoms with Crippen LogP contribution in [0.3, 0.4) is 0 Å². The summed E-state index contributed by atoms with van der Waals surface area (Å²) < 4.78 is 0. The Bertz CT molecular complexity index is 659. The summed E-state index contributed by atoms with van der Waals surface area (Å²) in [5, 5.41) is 3.76. The van der Waals surface area contributed by atoms with Crippen molar-refractivity contribution in [2.24, 2.45) is 11.8 Å². The Morgan fingerprint density at radius 3 is 2.71 bits per heavy atom. The van der Waals surface area contributed by atoms with E-state index in [0.29, 0.717) is 12.6 Å². The van der Waals surface area contributed by atoms with Crippen LogP contribution in [0.5, 0.6) is 0 Å². The molecule has 130 valence electrons. The van der Waals surface area contributed by atoms with Crippen LogP contribution in [-0.2, 0) is 17.8 Å². The molecule has 2 heterocycles. The zero-order valence-corrected chi connectivity index (χ0v) is 14.9. The number of carbonyl (C=O) groups excluding carboxylic acids is 1. The first kappa shape index (κ1) is 15.7. The van der Waals surface area contributed by atoms with Crippen molar-refractivity contribution in [1.29, 1.82) is 0 Å². The summed E-state index contributed by atoms with van der Waals surface area (Å²) in [4.78, 5) is 25.1. The van der Waals surface area contributed by atoms with Gasteiger partial charge in [-0.3, -0.25) is 4.79 Å². The number of rotatable bonds is 3. The molecule has 6 heteroatoms. The highest BCUT2D eigenvalue weighted by Gasteiger charge is 2.40. The van der Waals surface area contributed by atoms with Crippen LogP contribution in [-0.4, -0.2) is 47.5 Å². The molecule has 0 aromatic carbocycles. The van der Waals surface area contributed by atoms with Crippen LogP contribution in [0.1, 0.15) is 43.9 Å². The van der Waals surface area contributed by atoms with Crippen LogP contribution in [0.4, 0.5) is 11.8 Å². The van der Waals surface area contributed by atoms with Gasteiger partial charge in [0.2, 0.25) is 11.9 Å². The summed E-state index contributed by atoms with van der Waals surface area (Å²) in [6, 6.07) is 0.559. The van der Waals surface area contributed by atoms with Crippen molar-refractivity contribution in [1.82, 2.24) is 14.9 Å². The van der Waals surface area contributed by atoms with Crippen molar-refractivity contribution in [2.45, 2.75) is 51.6 Å². The first-order valence-electron chi connectivity index (χ1n) is 9.10. The number of amides is 1. The van der Waals surface area contributed by atoms with E-state index in [1.54, 1.807) is 6.92 Å². The van der Waals surface area contributed by atoms with Gasteiger partial charge < -0.3 is 15.1 Å². The molecule has 24 heavy (non-hydrogen) atoms. The smallest absolute Gasteiger partial charge is 0.227 e. The second-order valence-electron chi connectivity index (χ2n) is 7.81. The number of anilines is 2. The summed E-state index contributed by atoms with van der Waals surface area (Å²) in [7, 11) is 3.93. The number of aromatic nitrogens is 2. The van der Waals surface area contributed by atoms with Crippen molar-refractivity contribution in [3.63, 3.8) is 0 Å². The SMILES string of the molecule is CC(=O)N1CCc2c(nc(N(C)C)nc2N[C@@H]2C[C@@H]3CC[C@H]2C3)C1. The van der Waals surface area contributed by atoms with E-state index >= 15 is 0 Å². The lowest BCUT2D eigenvalue weighted by Crippen LogP contribution is -2.36. The van der Waals surface area contributed by atoms with Gasteiger partial charge in [0.05, 0.1) is 12.2 Å². The number of nitrogens with zero attached hydrogens (tertiary/aromatic N) is 4. The van der Waals surface area contributed by atoms with Gasteiger partial charge in [0, 0.05) is 39.2 Å². The molecular weight excluding hydrogens is 302 g/mol. The lowest BCUT2D eigenvalue weighted by atomic mass is 9.95. The van der Waals surface area contributed by atoms with Gasteiger partial charge in [0.15, 0.2) is 0 Å². The monoisotopic (exact) mass is 329 g/mol. The molecule has 0 unspecified atom stereocenters. The lowest BCUT2D eigenvalue weighted by molar-refractivity contribution is -0.129. The van der Waals surface area contributed by atoms with Gasteiger partial charge in [0.1, 0.15) is 5.82 Å². The fourth-order valence-corrected chi connectivity index (χ4v) is 4.60. The van der Waals surface area contributed by atoms with Gasteiger partial charge in [-0.1, -0.05) is 6.42 Å². The minimum absolute atomic E-state index is 0.119. The predicted molar refractivity (Wildman–Crippen MR) is 94.0 cm³/mol. The second-order valence-corrected chi connectivity index (χ2v) is 7.81. The quantitative estimate of drug-likeness (QED) is 0.919. The van der Waals surface area contributed by atoms with Crippen LogP contribution in [0, 0.1) is 11.8 Å². The van der Waals surface area contributed by atoms with Crippen molar-refractivity contribution in [3.8, 4) is 0 Å². The largest absolute Gasteiger partial charge is 0.367 e. The third-order valence-corrected chi connectivity index (χ3v) is 5.96. The van der Waals surface area contributed by atoms with Gasteiger partial charge in [-0.2, -0.15) is 4.98 Å². The lowest BCUT2D eigenvalue weighted by Gasteiger charge is -2.31. The van der Waals surface area contributed by atoms with Crippen molar-refractivity contribution in [2.75, 3.05) is 30.9 Å². The highest BCUT2D eigenvalue weighted by Crippen LogP contribution is 2.45. The number of hydrogen-bond donors (Lipinski definition) is 1. The molecule has 2 aliphatic carbocycles. The Kier molecular flexibility index (Phi) is 3.85. The van der Waals surface area contributed by atoms with E-state index in [1.807, 2.05) is 23.9 Å². The number of nitrogens with one attached hydrogen (secondary N) is 1. The summed E-state index contributed by atoms with van der Waals surface area (Å²) in [5.41, 5.74) is 2.21. The molecule has 2 bridgehead atoms. The predicted octanol–water partition coefficient (Wildman–Crippen LogP) is 2.05. The topological polar surface area (TPSA) is 61.4 Å². The van der Waals surface area contributed by atoms with Crippen LogP contribution >= 0.6 is 0 Å². The molecule has 2 saturated carbocycles. The number of carbonyl (C=O) groups is 1. The Morgan fingerprint density at radius 2 is 2.08 bits per heavy atom. The maximum Gasteiger partial charge on any atom is 0.227 e. The molecule has 0 radical (unpaired) electrons. The standard InChI is InChI=1S/C18H27N5O/c1-11(24)23-7-6-14-16(10-23)20-18(22(2)3)21-17(14)19-15-9-12-4-5-13(15)8-12/h12-13,15H,4-10H2,1-3H3,(H,19,20,21)/t12-,13+,15-/m1/s1. The molecule has 6 nitrogen and oxygen atoms in total. The molecule has 2 fully saturated rings. The number of fused-ring (bicyclic) bond motifs is 3. The first-order valence-corrected chi connectivity index (χ1v) is 9.10. The zero-order valence-electron chi connectivity index (χ0n) is 14.9. The van der Waals surface area contributed by atoms with Gasteiger partial charge in [0.25, 0.3) is 0 Å². The van der Waals surface area contributed by atoms with Gasteiger partial charge >= 0.3 is 0 Å². The molecule has 1 aromatic heterocycles. The molecule has 1 amide bonds. The van der Waals surface area contributed by atoms with Gasteiger partial charge in [-0.05, 0) is 37.5 Å². The van der Waals surface area contributed by atoms with Crippen molar-refractivity contribution in [3.05, 3.63) is 11.3 Å². The molecule has 0 saturated heterocycles. The maximum absolute atomic E-state index is 11.7. The van der Waals surface area contributed by atoms with Gasteiger partial charge in [-0.15, -0.1) is 0 Å². The Morgan fingerprint density at radius 1 is 1.25 bits per heavy atom. The molecule has 3 atom stereocenters. The highest BCUT2D eigenvalue weighted by molar-refractivity contribution is 5.73. The normalized spacial score (nSPS) is 28.0. The molecule has 4 rings (SSSR count). The van der Waals surface area contributed by atoms with E-state index in [-0.39, 0.29) is 5.91 Å². The summed E-state index contributed by atoms with van der Waals surface area (Å²) >= 11 is 0. The average Bonchev–Trinajstić information content (AvgIpc) is 3.16. The fourth-order valence-electron chi connectivity index (χ4n) is 4.60. The summed E-state index contributed by atoms with van der Waals surface area (Å²) in [5.74, 6) is 3.56. The zero-order chi connectivity index (χ0) is 16.8.